The molecule has 0 aliphatic carbocycles. The van der Waals surface area contributed by atoms with Crippen molar-refractivity contribution >= 4 is 5.78 Å². The first-order chi connectivity index (χ1) is 15.2. The van der Waals surface area contributed by atoms with Gasteiger partial charge in [0.2, 0.25) is 6.29 Å². The van der Waals surface area contributed by atoms with Gasteiger partial charge in [0.25, 0.3) is 0 Å². The van der Waals surface area contributed by atoms with Crippen LogP contribution >= 0.6 is 0 Å². The summed E-state index contributed by atoms with van der Waals surface area (Å²) in [6.07, 6.45) is -8.73. The number of ketones is 1. The van der Waals surface area contributed by atoms with Crippen LogP contribution in [0.25, 0.3) is 0 Å². The first-order valence-corrected chi connectivity index (χ1v) is 9.75. The molecule has 0 spiro atoms. The Morgan fingerprint density at radius 2 is 1.72 bits per heavy atom. The van der Waals surface area contributed by atoms with Gasteiger partial charge in [0.05, 0.1) is 13.0 Å². The number of hydrogen-bond acceptors (Lipinski definition) is 11. The fourth-order valence-corrected chi connectivity index (χ4v) is 3.72. The van der Waals surface area contributed by atoms with Crippen molar-refractivity contribution in [3.05, 3.63) is 41.5 Å². The molecule has 0 bridgehead atoms. The minimum absolute atomic E-state index is 0.0293. The number of phenolic OH excluding ortho intramolecular Hbond substituents is 3. The second-order valence-electron chi connectivity index (χ2n) is 7.61. The Morgan fingerprint density at radius 1 is 0.969 bits per heavy atom. The Balaban J connectivity index is 1.64. The molecule has 1 unspecified atom stereocenters. The van der Waals surface area contributed by atoms with E-state index in [2.05, 4.69) is 0 Å². The van der Waals surface area contributed by atoms with Crippen molar-refractivity contribution in [2.24, 2.45) is 0 Å². The second-order valence-corrected chi connectivity index (χ2v) is 7.61. The van der Waals surface area contributed by atoms with Crippen LogP contribution in [0.1, 0.15) is 28.4 Å². The SMILES string of the molecule is O=C1CC(c2ccc(O)c(O)c2)Oc2cc(O)cc(O[C@@H]3O[C@H](CO)[C@@H](O)[C@@H](O)[C@H]3O)c21. The molecule has 7 N–H and O–H groups in total. The maximum Gasteiger partial charge on any atom is 0.229 e. The van der Waals surface area contributed by atoms with Gasteiger partial charge in [-0.15, -0.1) is 0 Å². The van der Waals surface area contributed by atoms with Crippen molar-refractivity contribution in [1.29, 1.82) is 0 Å². The predicted octanol–water partition coefficient (Wildman–Crippen LogP) is -0.311. The van der Waals surface area contributed by atoms with Crippen LogP contribution in [-0.2, 0) is 4.74 Å². The third-order valence-electron chi connectivity index (χ3n) is 5.43. The van der Waals surface area contributed by atoms with Gasteiger partial charge in [-0.05, 0) is 17.7 Å². The third-order valence-corrected chi connectivity index (χ3v) is 5.43. The van der Waals surface area contributed by atoms with Crippen molar-refractivity contribution in [3.8, 4) is 28.7 Å². The molecule has 6 atom stereocenters. The van der Waals surface area contributed by atoms with Crippen LogP contribution in [0.4, 0.5) is 0 Å². The maximum absolute atomic E-state index is 12.9. The summed E-state index contributed by atoms with van der Waals surface area (Å²) in [5, 5.41) is 68.7. The topological polar surface area (TPSA) is 186 Å². The fourth-order valence-electron chi connectivity index (χ4n) is 3.72. The van der Waals surface area contributed by atoms with Gasteiger partial charge in [-0.3, -0.25) is 4.79 Å². The van der Waals surface area contributed by atoms with E-state index >= 15 is 0 Å². The summed E-state index contributed by atoms with van der Waals surface area (Å²) in [7, 11) is 0. The number of aliphatic hydroxyl groups is 4. The Kier molecular flexibility index (Phi) is 5.84. The average Bonchev–Trinajstić information content (AvgIpc) is 2.75. The lowest BCUT2D eigenvalue weighted by atomic mass is 9.95. The van der Waals surface area contributed by atoms with E-state index in [0.29, 0.717) is 5.56 Å². The standard InChI is InChI=1S/C21H22O11/c22-7-16-18(27)19(28)20(29)21(32-16)31-15-5-9(23)4-14-17(15)12(26)6-13(30-14)8-1-2-10(24)11(25)3-8/h1-5,13,16,18-25,27-29H,6-7H2/t13?,16-,18-,19-,20-,21-/m1/s1. The summed E-state index contributed by atoms with van der Waals surface area (Å²) in [6, 6.07) is 6.29. The third kappa shape index (κ3) is 3.92. The van der Waals surface area contributed by atoms with E-state index < -0.39 is 49.2 Å². The normalized spacial score (nSPS) is 29.8. The molecule has 1 fully saturated rings. The summed E-state index contributed by atoms with van der Waals surface area (Å²) in [5.74, 6) is -1.70. The van der Waals surface area contributed by atoms with Crippen LogP contribution in [0, 0.1) is 0 Å². The van der Waals surface area contributed by atoms with Crippen LogP contribution in [0.3, 0.4) is 0 Å². The highest BCUT2D eigenvalue weighted by Crippen LogP contribution is 2.43. The lowest BCUT2D eigenvalue weighted by molar-refractivity contribution is -0.277. The molecule has 0 aromatic heterocycles. The molecule has 11 heteroatoms. The highest BCUT2D eigenvalue weighted by Gasteiger charge is 2.45. The highest BCUT2D eigenvalue weighted by molar-refractivity contribution is 6.02. The zero-order chi connectivity index (χ0) is 23.2. The van der Waals surface area contributed by atoms with Crippen LogP contribution in [0.5, 0.6) is 28.7 Å². The first kappa shape index (κ1) is 22.1. The molecule has 0 amide bonds. The Labute approximate surface area is 181 Å². The molecule has 2 aromatic carbocycles. The fraction of sp³-hybridized carbons (Fsp3) is 0.381. The molecular formula is C21H22O11. The molecule has 2 aliphatic rings. The number of rotatable bonds is 4. The lowest BCUT2D eigenvalue weighted by Crippen LogP contribution is -2.60. The van der Waals surface area contributed by atoms with E-state index in [9.17, 15) is 40.5 Å². The number of fused-ring (bicyclic) bond motifs is 1. The van der Waals surface area contributed by atoms with Crippen LogP contribution < -0.4 is 9.47 Å². The number of carbonyl (C=O) groups is 1. The van der Waals surface area contributed by atoms with Crippen LogP contribution in [-0.4, -0.2) is 78.8 Å². The highest BCUT2D eigenvalue weighted by atomic mass is 16.7. The Morgan fingerprint density at radius 3 is 2.41 bits per heavy atom. The monoisotopic (exact) mass is 450 g/mol. The second kappa shape index (κ2) is 8.45. The van der Waals surface area contributed by atoms with Crippen molar-refractivity contribution < 1.29 is 54.8 Å². The molecule has 2 aromatic rings. The molecular weight excluding hydrogens is 428 g/mol. The van der Waals surface area contributed by atoms with Crippen molar-refractivity contribution in [1.82, 2.24) is 0 Å². The number of aromatic hydroxyl groups is 3. The van der Waals surface area contributed by atoms with Crippen molar-refractivity contribution in [2.75, 3.05) is 6.61 Å². The lowest BCUT2D eigenvalue weighted by Gasteiger charge is -2.40. The molecule has 2 aliphatic heterocycles. The smallest absolute Gasteiger partial charge is 0.229 e. The number of carbonyl (C=O) groups excluding carboxylic acids is 1. The van der Waals surface area contributed by atoms with Crippen LogP contribution in [0.2, 0.25) is 0 Å². The zero-order valence-electron chi connectivity index (χ0n) is 16.5. The van der Waals surface area contributed by atoms with E-state index in [0.717, 1.165) is 6.07 Å². The largest absolute Gasteiger partial charge is 0.508 e. The quantitative estimate of drug-likeness (QED) is 0.303. The van der Waals surface area contributed by atoms with Gasteiger partial charge in [-0.2, -0.15) is 0 Å². The summed E-state index contributed by atoms with van der Waals surface area (Å²) >= 11 is 0. The molecule has 0 radical (unpaired) electrons. The van der Waals surface area contributed by atoms with Gasteiger partial charge in [-0.25, -0.2) is 0 Å². The van der Waals surface area contributed by atoms with Gasteiger partial charge in [0.1, 0.15) is 53.3 Å². The van der Waals surface area contributed by atoms with Crippen molar-refractivity contribution in [2.45, 2.75) is 43.2 Å². The molecule has 2 heterocycles. The number of hydrogen-bond donors (Lipinski definition) is 7. The molecule has 172 valence electrons. The Bertz CT molecular complexity index is 1020. The maximum atomic E-state index is 12.9. The van der Waals surface area contributed by atoms with Gasteiger partial charge in [0.15, 0.2) is 17.3 Å². The van der Waals surface area contributed by atoms with Crippen LogP contribution in [0.15, 0.2) is 30.3 Å². The first-order valence-electron chi connectivity index (χ1n) is 9.75. The summed E-state index contributed by atoms with van der Waals surface area (Å²) < 4.78 is 16.7. The van der Waals surface area contributed by atoms with E-state index in [1.807, 2.05) is 0 Å². The molecule has 32 heavy (non-hydrogen) atoms. The minimum atomic E-state index is -1.71. The van der Waals surface area contributed by atoms with Gasteiger partial charge in [-0.1, -0.05) is 6.07 Å². The molecule has 11 nitrogen and oxygen atoms in total. The predicted molar refractivity (Wildman–Crippen MR) is 105 cm³/mol. The van der Waals surface area contributed by atoms with E-state index in [1.165, 1.54) is 24.3 Å². The van der Waals surface area contributed by atoms with Gasteiger partial charge < -0.3 is 50.0 Å². The number of phenols is 3. The summed E-state index contributed by atoms with van der Waals surface area (Å²) in [4.78, 5) is 12.9. The number of benzene rings is 2. The molecule has 1 saturated heterocycles. The number of ether oxygens (including phenoxy) is 3. The van der Waals surface area contributed by atoms with Gasteiger partial charge >= 0.3 is 0 Å². The zero-order valence-corrected chi connectivity index (χ0v) is 16.5. The molecule has 4 rings (SSSR count). The summed E-state index contributed by atoms with van der Waals surface area (Å²) in [6.45, 7) is -0.661. The van der Waals surface area contributed by atoms with E-state index in [-0.39, 0.29) is 40.7 Å². The Hall–Kier alpha value is -3.09. The summed E-state index contributed by atoms with van der Waals surface area (Å²) in [5.41, 5.74) is 0.373. The average molecular weight is 450 g/mol. The van der Waals surface area contributed by atoms with Crippen molar-refractivity contribution in [3.63, 3.8) is 0 Å². The molecule has 0 saturated carbocycles. The minimum Gasteiger partial charge on any atom is -0.508 e. The van der Waals surface area contributed by atoms with E-state index in [4.69, 9.17) is 14.2 Å². The number of Topliss-reactive ketones (excluding diaryl/α,β-unsaturated/α-hetero) is 1. The van der Waals surface area contributed by atoms with Gasteiger partial charge in [0, 0.05) is 12.1 Å². The number of aliphatic hydroxyl groups excluding tert-OH is 4. The van der Waals surface area contributed by atoms with E-state index in [1.54, 1.807) is 0 Å².